The highest BCUT2D eigenvalue weighted by Crippen LogP contribution is 2.32. The minimum atomic E-state index is -1.05. The van der Waals surface area contributed by atoms with E-state index in [-0.39, 0.29) is 18.6 Å². The third-order valence-corrected chi connectivity index (χ3v) is 3.73. The Balaban J connectivity index is 2.18. The lowest BCUT2D eigenvalue weighted by atomic mass is 10.1. The van der Waals surface area contributed by atoms with Crippen LogP contribution in [0, 0.1) is 0 Å². The van der Waals surface area contributed by atoms with E-state index in [0.29, 0.717) is 17.1 Å². The molecule has 1 aliphatic rings. The number of aliphatic carboxylic acids is 1. The molecule has 120 valence electrons. The van der Waals surface area contributed by atoms with E-state index in [4.69, 9.17) is 14.6 Å². The van der Waals surface area contributed by atoms with E-state index in [1.807, 2.05) is 0 Å². The Hall–Kier alpha value is -2.24. The number of carboxylic acids is 1. The first kappa shape index (κ1) is 16.1. The van der Waals surface area contributed by atoms with Crippen molar-refractivity contribution in [2.75, 3.05) is 20.7 Å². The van der Waals surface area contributed by atoms with Crippen LogP contribution < -0.4 is 9.47 Å². The van der Waals surface area contributed by atoms with Crippen LogP contribution in [0.25, 0.3) is 0 Å². The van der Waals surface area contributed by atoms with Gasteiger partial charge in [-0.2, -0.15) is 0 Å². The largest absolute Gasteiger partial charge is 0.493 e. The van der Waals surface area contributed by atoms with Gasteiger partial charge in [0.15, 0.2) is 11.5 Å². The van der Waals surface area contributed by atoms with E-state index >= 15 is 0 Å². The van der Waals surface area contributed by atoms with Gasteiger partial charge in [-0.1, -0.05) is 0 Å². The van der Waals surface area contributed by atoms with E-state index in [1.54, 1.807) is 25.3 Å². The summed E-state index contributed by atoms with van der Waals surface area (Å²) in [6, 6.07) is 4.91. The summed E-state index contributed by atoms with van der Waals surface area (Å²) in [4.78, 5) is 24.1. The lowest BCUT2D eigenvalue weighted by Crippen LogP contribution is -2.31. The number of methoxy groups -OCH3 is 1. The lowest BCUT2D eigenvalue weighted by molar-refractivity contribution is -0.137. The molecule has 6 heteroatoms. The molecule has 0 aromatic heterocycles. The molecule has 0 aliphatic heterocycles. The highest BCUT2D eigenvalue weighted by molar-refractivity contribution is 5.96. The molecule has 1 N–H and O–H groups in total. The zero-order valence-corrected chi connectivity index (χ0v) is 12.9. The Kier molecular flexibility index (Phi) is 5.25. The topological polar surface area (TPSA) is 76.1 Å². The van der Waals surface area contributed by atoms with Gasteiger partial charge in [0, 0.05) is 12.6 Å². The molecule has 6 nitrogen and oxygen atoms in total. The van der Waals surface area contributed by atoms with Crippen molar-refractivity contribution in [1.29, 1.82) is 0 Å². The van der Waals surface area contributed by atoms with E-state index in [0.717, 1.165) is 30.6 Å². The summed E-state index contributed by atoms with van der Waals surface area (Å²) in [5.74, 6) is -0.304. The van der Waals surface area contributed by atoms with Crippen molar-refractivity contribution in [2.45, 2.75) is 31.8 Å². The number of likely N-dealkylation sites (N-methyl/N-ethyl adjacent to an activating group) is 1. The van der Waals surface area contributed by atoms with Gasteiger partial charge in [-0.05, 0) is 43.9 Å². The van der Waals surface area contributed by atoms with Crippen LogP contribution >= 0.6 is 0 Å². The number of carbonyl (C=O) groups excluding carboxylic acids is 1. The number of benzene rings is 1. The third-order valence-electron chi connectivity index (χ3n) is 3.73. The Bertz CT molecular complexity index is 551. The van der Waals surface area contributed by atoms with Gasteiger partial charge in [-0.15, -0.1) is 0 Å². The van der Waals surface area contributed by atoms with E-state index < -0.39 is 5.97 Å². The Morgan fingerprint density at radius 1 is 1.27 bits per heavy atom. The van der Waals surface area contributed by atoms with Crippen molar-refractivity contribution in [1.82, 2.24) is 4.90 Å². The number of amides is 1. The van der Waals surface area contributed by atoms with Crippen LogP contribution in [0.4, 0.5) is 0 Å². The molecule has 0 spiro atoms. The van der Waals surface area contributed by atoms with Gasteiger partial charge < -0.3 is 19.5 Å². The minimum Gasteiger partial charge on any atom is -0.493 e. The Labute approximate surface area is 129 Å². The summed E-state index contributed by atoms with van der Waals surface area (Å²) in [6.45, 7) is -0.344. The maximum Gasteiger partial charge on any atom is 0.323 e. The summed E-state index contributed by atoms with van der Waals surface area (Å²) in [5, 5.41) is 8.77. The summed E-state index contributed by atoms with van der Waals surface area (Å²) in [7, 11) is 3.01. The summed E-state index contributed by atoms with van der Waals surface area (Å²) >= 11 is 0. The van der Waals surface area contributed by atoms with Gasteiger partial charge in [-0.25, -0.2) is 0 Å². The number of carbonyl (C=O) groups is 2. The average Bonchev–Trinajstić information content (AvgIpc) is 2.98. The van der Waals surface area contributed by atoms with E-state index in [2.05, 4.69) is 0 Å². The monoisotopic (exact) mass is 307 g/mol. The number of ether oxygens (including phenoxy) is 2. The van der Waals surface area contributed by atoms with Gasteiger partial charge in [0.25, 0.3) is 5.91 Å². The highest BCUT2D eigenvalue weighted by Gasteiger charge is 2.21. The maximum atomic E-state index is 12.2. The molecule has 0 atom stereocenters. The van der Waals surface area contributed by atoms with Crippen molar-refractivity contribution >= 4 is 11.9 Å². The first-order valence-corrected chi connectivity index (χ1v) is 7.33. The number of nitrogens with zero attached hydrogens (tertiary/aromatic N) is 1. The first-order chi connectivity index (χ1) is 10.5. The molecule has 0 saturated heterocycles. The summed E-state index contributed by atoms with van der Waals surface area (Å²) in [5.41, 5.74) is 0.387. The molecule has 22 heavy (non-hydrogen) atoms. The molecule has 1 aromatic rings. The average molecular weight is 307 g/mol. The van der Waals surface area contributed by atoms with Crippen LogP contribution in [0.5, 0.6) is 11.5 Å². The molecule has 1 aliphatic carbocycles. The quantitative estimate of drug-likeness (QED) is 0.871. The van der Waals surface area contributed by atoms with Crippen LogP contribution in [0.2, 0.25) is 0 Å². The van der Waals surface area contributed by atoms with Crippen LogP contribution in [-0.4, -0.2) is 48.7 Å². The van der Waals surface area contributed by atoms with Crippen LogP contribution in [0.15, 0.2) is 18.2 Å². The smallest absolute Gasteiger partial charge is 0.323 e. The fraction of sp³-hybridized carbons (Fsp3) is 0.500. The van der Waals surface area contributed by atoms with E-state index in [1.165, 1.54) is 7.05 Å². The van der Waals surface area contributed by atoms with Crippen LogP contribution in [0.1, 0.15) is 36.0 Å². The molecule has 1 saturated carbocycles. The predicted molar refractivity (Wildman–Crippen MR) is 80.5 cm³/mol. The molecule has 0 heterocycles. The van der Waals surface area contributed by atoms with Crippen LogP contribution in [-0.2, 0) is 4.79 Å². The maximum absolute atomic E-state index is 12.2. The zero-order valence-electron chi connectivity index (χ0n) is 12.9. The van der Waals surface area contributed by atoms with E-state index in [9.17, 15) is 9.59 Å². The van der Waals surface area contributed by atoms with Gasteiger partial charge in [-0.3, -0.25) is 9.59 Å². The minimum absolute atomic E-state index is 0.149. The summed E-state index contributed by atoms with van der Waals surface area (Å²) in [6.07, 6.45) is 4.44. The highest BCUT2D eigenvalue weighted by atomic mass is 16.5. The molecule has 2 rings (SSSR count). The van der Waals surface area contributed by atoms with Crippen molar-refractivity contribution in [3.8, 4) is 11.5 Å². The third kappa shape index (κ3) is 3.90. The predicted octanol–water partition coefficient (Wildman–Crippen LogP) is 2.17. The molecule has 0 unspecified atom stereocenters. The molecule has 0 radical (unpaired) electrons. The molecule has 0 bridgehead atoms. The molecular weight excluding hydrogens is 286 g/mol. The van der Waals surface area contributed by atoms with Crippen molar-refractivity contribution in [3.63, 3.8) is 0 Å². The second kappa shape index (κ2) is 7.15. The molecular formula is C16H21NO5. The zero-order chi connectivity index (χ0) is 16.1. The van der Waals surface area contributed by atoms with Gasteiger partial charge >= 0.3 is 5.97 Å². The molecule has 1 aromatic carbocycles. The van der Waals surface area contributed by atoms with Crippen molar-refractivity contribution in [2.24, 2.45) is 0 Å². The standard InChI is InChI=1S/C16H21NO5/c1-17(10-15(18)19)16(20)11-7-8-13(21-2)14(9-11)22-12-5-3-4-6-12/h7-9,12H,3-6,10H2,1-2H3,(H,18,19). The second-order valence-electron chi connectivity index (χ2n) is 5.44. The molecule has 1 fully saturated rings. The fourth-order valence-corrected chi connectivity index (χ4v) is 2.58. The number of rotatable bonds is 6. The summed E-state index contributed by atoms with van der Waals surface area (Å²) < 4.78 is 11.2. The van der Waals surface area contributed by atoms with Crippen molar-refractivity contribution in [3.05, 3.63) is 23.8 Å². The first-order valence-electron chi connectivity index (χ1n) is 7.33. The number of carboxylic acid groups (broad SMARTS) is 1. The van der Waals surface area contributed by atoms with Gasteiger partial charge in [0.1, 0.15) is 6.54 Å². The fourth-order valence-electron chi connectivity index (χ4n) is 2.58. The number of hydrogen-bond acceptors (Lipinski definition) is 4. The van der Waals surface area contributed by atoms with Crippen LogP contribution in [0.3, 0.4) is 0 Å². The van der Waals surface area contributed by atoms with Gasteiger partial charge in [0.05, 0.1) is 13.2 Å². The lowest BCUT2D eigenvalue weighted by Gasteiger charge is -2.18. The van der Waals surface area contributed by atoms with Gasteiger partial charge in [0.2, 0.25) is 0 Å². The second-order valence-corrected chi connectivity index (χ2v) is 5.44. The Morgan fingerprint density at radius 3 is 2.55 bits per heavy atom. The Morgan fingerprint density at radius 2 is 1.95 bits per heavy atom. The molecule has 1 amide bonds. The SMILES string of the molecule is COc1ccc(C(=O)N(C)CC(=O)O)cc1OC1CCCC1. The normalized spacial score (nSPS) is 14.6. The van der Waals surface area contributed by atoms with Crippen molar-refractivity contribution < 1.29 is 24.2 Å². The number of hydrogen-bond donors (Lipinski definition) is 1.